The molecule has 66 valence electrons. The summed E-state index contributed by atoms with van der Waals surface area (Å²) in [7, 11) is 1.77. The fourth-order valence-corrected chi connectivity index (χ4v) is 1.36. The third kappa shape index (κ3) is 1.33. The van der Waals surface area contributed by atoms with Crippen LogP contribution in [-0.2, 0) is 4.79 Å². The van der Waals surface area contributed by atoms with Crippen molar-refractivity contribution in [1.82, 2.24) is 0 Å². The van der Waals surface area contributed by atoms with Crippen molar-refractivity contribution in [1.29, 1.82) is 0 Å². The first-order valence-electron chi connectivity index (χ1n) is 4.14. The predicted molar refractivity (Wildman–Crippen MR) is 52.3 cm³/mol. The lowest BCUT2D eigenvalue weighted by Gasteiger charge is -2.15. The lowest BCUT2D eigenvalue weighted by Crippen LogP contribution is -2.27. The van der Waals surface area contributed by atoms with Gasteiger partial charge in [0.15, 0.2) is 0 Å². The van der Waals surface area contributed by atoms with Crippen molar-refractivity contribution >= 4 is 17.8 Å². The molecule has 0 N–H and O–H groups in total. The Bertz CT molecular complexity index is 371. The fourth-order valence-electron chi connectivity index (χ4n) is 1.36. The van der Waals surface area contributed by atoms with Gasteiger partial charge in [0.1, 0.15) is 6.54 Å². The summed E-state index contributed by atoms with van der Waals surface area (Å²) >= 11 is 0. The van der Waals surface area contributed by atoms with Gasteiger partial charge in [-0.1, -0.05) is 18.2 Å². The average molecular weight is 174 g/mol. The number of amides is 1. The normalized spacial score (nSPS) is 15.5. The SMILES string of the molecule is CN1C(=O)CN=Cc2ccccc21. The van der Waals surface area contributed by atoms with E-state index in [0.717, 1.165) is 11.3 Å². The molecule has 0 aliphatic carbocycles. The van der Waals surface area contributed by atoms with E-state index in [1.165, 1.54) is 0 Å². The van der Waals surface area contributed by atoms with Crippen molar-refractivity contribution in [2.75, 3.05) is 18.5 Å². The molecule has 2 rings (SSSR count). The number of carbonyl (C=O) groups is 1. The minimum absolute atomic E-state index is 0.0289. The summed E-state index contributed by atoms with van der Waals surface area (Å²) in [6, 6.07) is 7.73. The zero-order valence-electron chi connectivity index (χ0n) is 7.40. The van der Waals surface area contributed by atoms with Crippen molar-refractivity contribution in [2.24, 2.45) is 4.99 Å². The summed E-state index contributed by atoms with van der Waals surface area (Å²) in [4.78, 5) is 17.1. The lowest BCUT2D eigenvalue weighted by molar-refractivity contribution is -0.116. The second-order valence-corrected chi connectivity index (χ2v) is 2.98. The molecule has 0 fully saturated rings. The number of nitrogens with zero attached hydrogens (tertiary/aromatic N) is 2. The average Bonchev–Trinajstić information content (AvgIpc) is 2.29. The second-order valence-electron chi connectivity index (χ2n) is 2.98. The number of fused-ring (bicyclic) bond motifs is 1. The van der Waals surface area contributed by atoms with Crippen molar-refractivity contribution in [2.45, 2.75) is 0 Å². The third-order valence-corrected chi connectivity index (χ3v) is 2.13. The molecule has 0 aromatic heterocycles. The first kappa shape index (κ1) is 7.98. The number of hydrogen-bond donors (Lipinski definition) is 0. The molecule has 0 saturated heterocycles. The largest absolute Gasteiger partial charge is 0.313 e. The molecule has 0 atom stereocenters. The number of hydrogen-bond acceptors (Lipinski definition) is 2. The maximum atomic E-state index is 11.4. The molecule has 0 radical (unpaired) electrons. The van der Waals surface area contributed by atoms with Crippen LogP contribution in [0.1, 0.15) is 5.56 Å². The number of carbonyl (C=O) groups excluding carboxylic acids is 1. The van der Waals surface area contributed by atoms with E-state index in [1.54, 1.807) is 18.2 Å². The van der Waals surface area contributed by atoms with E-state index in [-0.39, 0.29) is 12.5 Å². The van der Waals surface area contributed by atoms with E-state index in [0.29, 0.717) is 0 Å². The second kappa shape index (κ2) is 3.01. The first-order valence-corrected chi connectivity index (χ1v) is 4.14. The Morgan fingerprint density at radius 2 is 2.15 bits per heavy atom. The van der Waals surface area contributed by atoms with Gasteiger partial charge in [0.25, 0.3) is 0 Å². The predicted octanol–water partition coefficient (Wildman–Crippen LogP) is 1.08. The maximum absolute atomic E-state index is 11.4. The zero-order chi connectivity index (χ0) is 9.26. The van der Waals surface area contributed by atoms with Gasteiger partial charge >= 0.3 is 0 Å². The van der Waals surface area contributed by atoms with E-state index in [1.807, 2.05) is 24.3 Å². The van der Waals surface area contributed by atoms with Gasteiger partial charge in [-0.3, -0.25) is 9.79 Å². The van der Waals surface area contributed by atoms with Crippen LogP contribution in [0.15, 0.2) is 29.3 Å². The molecular formula is C10H10N2O. The summed E-state index contributed by atoms with van der Waals surface area (Å²) in [5, 5.41) is 0. The molecule has 3 heteroatoms. The van der Waals surface area contributed by atoms with E-state index < -0.39 is 0 Å². The van der Waals surface area contributed by atoms with Crippen LogP contribution < -0.4 is 4.90 Å². The molecule has 0 saturated carbocycles. The molecule has 0 bridgehead atoms. The standard InChI is InChI=1S/C10H10N2O/c1-12-9-5-3-2-4-8(9)6-11-7-10(12)13/h2-6H,7H2,1H3. The first-order chi connectivity index (χ1) is 6.29. The van der Waals surface area contributed by atoms with Crippen LogP contribution >= 0.6 is 0 Å². The van der Waals surface area contributed by atoms with Crippen molar-refractivity contribution < 1.29 is 4.79 Å². The summed E-state index contributed by atoms with van der Waals surface area (Å²) in [5.41, 5.74) is 1.92. The van der Waals surface area contributed by atoms with Gasteiger partial charge in [-0.25, -0.2) is 0 Å². The van der Waals surface area contributed by atoms with Crippen LogP contribution in [0.4, 0.5) is 5.69 Å². The van der Waals surface area contributed by atoms with Crippen molar-refractivity contribution in [3.8, 4) is 0 Å². The lowest BCUT2D eigenvalue weighted by atomic mass is 10.2. The number of anilines is 1. The highest BCUT2D eigenvalue weighted by Gasteiger charge is 2.14. The van der Waals surface area contributed by atoms with Gasteiger partial charge in [0.2, 0.25) is 5.91 Å². The third-order valence-electron chi connectivity index (χ3n) is 2.13. The van der Waals surface area contributed by atoms with Crippen LogP contribution in [0.25, 0.3) is 0 Å². The van der Waals surface area contributed by atoms with Gasteiger partial charge in [-0.05, 0) is 6.07 Å². The van der Waals surface area contributed by atoms with Crippen LogP contribution in [-0.4, -0.2) is 25.7 Å². The summed E-state index contributed by atoms with van der Waals surface area (Å²) in [6.45, 7) is 0.241. The molecular weight excluding hydrogens is 164 g/mol. The van der Waals surface area contributed by atoms with Crippen LogP contribution in [0.5, 0.6) is 0 Å². The molecule has 13 heavy (non-hydrogen) atoms. The van der Waals surface area contributed by atoms with Gasteiger partial charge in [0, 0.05) is 18.8 Å². The highest BCUT2D eigenvalue weighted by Crippen LogP contribution is 2.19. The molecule has 1 aliphatic heterocycles. The number of benzene rings is 1. The zero-order valence-corrected chi connectivity index (χ0v) is 7.40. The molecule has 1 aromatic carbocycles. The quantitative estimate of drug-likeness (QED) is 0.579. The van der Waals surface area contributed by atoms with Gasteiger partial charge in [0.05, 0.1) is 5.69 Å². The van der Waals surface area contributed by atoms with E-state index in [4.69, 9.17) is 0 Å². The van der Waals surface area contributed by atoms with Crippen LogP contribution in [0.2, 0.25) is 0 Å². The smallest absolute Gasteiger partial charge is 0.248 e. The number of benzodiazepines with no additional fused rings is 1. The molecule has 1 heterocycles. The number of para-hydroxylation sites is 1. The van der Waals surface area contributed by atoms with Crippen LogP contribution in [0, 0.1) is 0 Å². The highest BCUT2D eigenvalue weighted by atomic mass is 16.2. The number of rotatable bonds is 0. The minimum Gasteiger partial charge on any atom is -0.313 e. The molecule has 0 spiro atoms. The molecule has 1 aliphatic rings. The number of likely N-dealkylation sites (N-methyl/N-ethyl adjacent to an activating group) is 1. The number of aliphatic imine (C=N–C) groups is 1. The molecule has 1 amide bonds. The monoisotopic (exact) mass is 174 g/mol. The highest BCUT2D eigenvalue weighted by molar-refractivity contribution is 6.02. The Morgan fingerprint density at radius 3 is 3.00 bits per heavy atom. The van der Waals surface area contributed by atoms with Gasteiger partial charge in [-0.2, -0.15) is 0 Å². The molecule has 0 unspecified atom stereocenters. The topological polar surface area (TPSA) is 32.7 Å². The van der Waals surface area contributed by atoms with Gasteiger partial charge < -0.3 is 4.90 Å². The molecule has 3 nitrogen and oxygen atoms in total. The van der Waals surface area contributed by atoms with E-state index >= 15 is 0 Å². The summed E-state index contributed by atoms with van der Waals surface area (Å²) in [6.07, 6.45) is 1.75. The Labute approximate surface area is 76.7 Å². The van der Waals surface area contributed by atoms with E-state index in [2.05, 4.69) is 4.99 Å². The summed E-state index contributed by atoms with van der Waals surface area (Å²) in [5.74, 6) is 0.0289. The Hall–Kier alpha value is -1.64. The van der Waals surface area contributed by atoms with Crippen LogP contribution in [0.3, 0.4) is 0 Å². The maximum Gasteiger partial charge on any atom is 0.248 e. The van der Waals surface area contributed by atoms with Gasteiger partial charge in [-0.15, -0.1) is 0 Å². The fraction of sp³-hybridized carbons (Fsp3) is 0.200. The Kier molecular flexibility index (Phi) is 1.85. The van der Waals surface area contributed by atoms with Crippen molar-refractivity contribution in [3.05, 3.63) is 29.8 Å². The summed E-state index contributed by atoms with van der Waals surface area (Å²) < 4.78 is 0. The Balaban J connectivity index is 2.54. The van der Waals surface area contributed by atoms with E-state index in [9.17, 15) is 4.79 Å². The minimum atomic E-state index is 0.0289. The Morgan fingerprint density at radius 1 is 1.38 bits per heavy atom. The molecule has 1 aromatic rings. The van der Waals surface area contributed by atoms with Crippen molar-refractivity contribution in [3.63, 3.8) is 0 Å².